The Kier molecular flexibility index (Phi) is 6.95. The van der Waals surface area contributed by atoms with Crippen LogP contribution < -0.4 is 20.9 Å². The minimum Gasteiger partial charge on any atom is -0.362 e. The maximum Gasteiger partial charge on any atom is 0.325 e. The molecule has 0 fully saturated rings. The zero-order valence-electron chi connectivity index (χ0n) is 18.5. The van der Waals surface area contributed by atoms with Crippen LogP contribution in [0.1, 0.15) is 47.3 Å². The third-order valence-electron chi connectivity index (χ3n) is 5.45. The van der Waals surface area contributed by atoms with Gasteiger partial charge in [-0.3, -0.25) is 14.9 Å². The summed E-state index contributed by atoms with van der Waals surface area (Å²) in [5.41, 5.74) is 5.15. The van der Waals surface area contributed by atoms with Crippen molar-refractivity contribution < 1.29 is 14.4 Å². The fraction of sp³-hybridized carbons (Fsp3) is 0.375. The van der Waals surface area contributed by atoms with Gasteiger partial charge in [0.25, 0.3) is 5.91 Å². The number of carbonyl (C=O) groups excluding carboxylic acids is 3. The van der Waals surface area contributed by atoms with Crippen LogP contribution in [0.5, 0.6) is 0 Å². The first-order valence-electron chi connectivity index (χ1n) is 10.6. The average molecular weight is 423 g/mol. The number of hydrogen-bond acceptors (Lipinski definition) is 4. The predicted octanol–water partition coefficient (Wildman–Crippen LogP) is 3.54. The standard InChI is InChI=1S/C24H30N4O3/c1-15(2)25-23(30)19-9-6-12-21-18(19)10-7-13-28(21)14-22(29)27-24(31)26-20-11-5-8-16(3)17(20)4/h5-6,8-9,11-12,15H,7,10,13-14H2,1-4H3,(H,25,30)(H2,26,27,29,31). The van der Waals surface area contributed by atoms with Gasteiger partial charge in [0, 0.05) is 29.5 Å². The van der Waals surface area contributed by atoms with Crippen molar-refractivity contribution in [3.05, 3.63) is 58.7 Å². The number of hydrogen-bond donors (Lipinski definition) is 3. The van der Waals surface area contributed by atoms with E-state index in [2.05, 4.69) is 16.0 Å². The fourth-order valence-electron chi connectivity index (χ4n) is 3.80. The molecule has 0 radical (unpaired) electrons. The molecule has 1 aliphatic rings. The van der Waals surface area contributed by atoms with Gasteiger partial charge in [0.1, 0.15) is 0 Å². The molecule has 0 spiro atoms. The maximum absolute atomic E-state index is 12.6. The summed E-state index contributed by atoms with van der Waals surface area (Å²) in [5.74, 6) is -0.501. The van der Waals surface area contributed by atoms with Gasteiger partial charge in [-0.15, -0.1) is 0 Å². The number of amides is 4. The summed E-state index contributed by atoms with van der Waals surface area (Å²) in [5, 5.41) is 8.08. The van der Waals surface area contributed by atoms with Crippen LogP contribution in [0.25, 0.3) is 0 Å². The van der Waals surface area contributed by atoms with E-state index in [0.717, 1.165) is 35.2 Å². The minimum absolute atomic E-state index is 0.0441. The molecule has 1 heterocycles. The van der Waals surface area contributed by atoms with Crippen molar-refractivity contribution in [1.82, 2.24) is 10.6 Å². The molecule has 1 aliphatic heterocycles. The summed E-state index contributed by atoms with van der Waals surface area (Å²) >= 11 is 0. The lowest BCUT2D eigenvalue weighted by Crippen LogP contribution is -2.43. The zero-order chi connectivity index (χ0) is 22.5. The van der Waals surface area contributed by atoms with Gasteiger partial charge in [-0.25, -0.2) is 4.79 Å². The minimum atomic E-state index is -0.555. The molecule has 3 N–H and O–H groups in total. The molecule has 0 bridgehead atoms. The lowest BCUT2D eigenvalue weighted by molar-refractivity contribution is -0.118. The van der Waals surface area contributed by atoms with Crippen molar-refractivity contribution in [1.29, 1.82) is 0 Å². The number of aryl methyl sites for hydroxylation is 1. The summed E-state index contributed by atoms with van der Waals surface area (Å²) in [6, 6.07) is 10.7. The summed E-state index contributed by atoms with van der Waals surface area (Å²) in [7, 11) is 0. The second kappa shape index (κ2) is 9.64. The number of anilines is 2. The van der Waals surface area contributed by atoms with Crippen LogP contribution >= 0.6 is 0 Å². The topological polar surface area (TPSA) is 90.5 Å². The highest BCUT2D eigenvalue weighted by Crippen LogP contribution is 2.29. The van der Waals surface area contributed by atoms with Crippen molar-refractivity contribution >= 4 is 29.2 Å². The Bertz CT molecular complexity index is 1000. The van der Waals surface area contributed by atoms with Gasteiger partial charge in [0.15, 0.2) is 0 Å². The van der Waals surface area contributed by atoms with Gasteiger partial charge < -0.3 is 15.5 Å². The Morgan fingerprint density at radius 1 is 1.06 bits per heavy atom. The largest absolute Gasteiger partial charge is 0.362 e. The van der Waals surface area contributed by atoms with Gasteiger partial charge in [-0.1, -0.05) is 18.2 Å². The normalized spacial score (nSPS) is 12.9. The van der Waals surface area contributed by atoms with E-state index in [1.807, 2.05) is 62.9 Å². The first-order chi connectivity index (χ1) is 14.8. The van der Waals surface area contributed by atoms with E-state index >= 15 is 0 Å². The van der Waals surface area contributed by atoms with Crippen LogP contribution in [0.15, 0.2) is 36.4 Å². The van der Waals surface area contributed by atoms with Crippen LogP contribution in [0, 0.1) is 13.8 Å². The molecule has 0 aromatic heterocycles. The van der Waals surface area contributed by atoms with Gasteiger partial charge >= 0.3 is 6.03 Å². The molecular weight excluding hydrogens is 392 g/mol. The summed E-state index contributed by atoms with van der Waals surface area (Å²) in [4.78, 5) is 39.3. The van der Waals surface area contributed by atoms with Crippen LogP contribution in [-0.2, 0) is 11.2 Å². The second-order valence-corrected chi connectivity index (χ2v) is 8.21. The van der Waals surface area contributed by atoms with E-state index in [4.69, 9.17) is 0 Å². The number of imide groups is 1. The molecular formula is C24H30N4O3. The third-order valence-corrected chi connectivity index (χ3v) is 5.45. The smallest absolute Gasteiger partial charge is 0.325 e. The molecule has 0 unspecified atom stereocenters. The van der Waals surface area contributed by atoms with Gasteiger partial charge in [0.05, 0.1) is 6.54 Å². The predicted molar refractivity (Wildman–Crippen MR) is 123 cm³/mol. The van der Waals surface area contributed by atoms with Crippen molar-refractivity contribution in [2.45, 2.75) is 46.6 Å². The number of fused-ring (bicyclic) bond motifs is 1. The molecule has 31 heavy (non-hydrogen) atoms. The molecule has 0 atom stereocenters. The zero-order valence-corrected chi connectivity index (χ0v) is 18.5. The van der Waals surface area contributed by atoms with E-state index < -0.39 is 11.9 Å². The number of nitrogens with zero attached hydrogens (tertiary/aromatic N) is 1. The summed E-state index contributed by atoms with van der Waals surface area (Å²) < 4.78 is 0. The number of nitrogens with one attached hydrogen (secondary N) is 3. The van der Waals surface area contributed by atoms with E-state index in [0.29, 0.717) is 17.8 Å². The van der Waals surface area contributed by atoms with Crippen LogP contribution in [0.2, 0.25) is 0 Å². The van der Waals surface area contributed by atoms with Crippen LogP contribution in [0.3, 0.4) is 0 Å². The fourth-order valence-corrected chi connectivity index (χ4v) is 3.80. The quantitative estimate of drug-likeness (QED) is 0.687. The molecule has 7 nitrogen and oxygen atoms in total. The van der Waals surface area contributed by atoms with Crippen LogP contribution in [0.4, 0.5) is 16.2 Å². The number of benzene rings is 2. The third kappa shape index (κ3) is 5.42. The highest BCUT2D eigenvalue weighted by Gasteiger charge is 2.24. The summed E-state index contributed by atoms with van der Waals surface area (Å²) in [6.07, 6.45) is 1.61. The Hall–Kier alpha value is -3.35. The SMILES string of the molecule is Cc1cccc(NC(=O)NC(=O)CN2CCCc3c(C(=O)NC(C)C)cccc32)c1C. The highest BCUT2D eigenvalue weighted by atomic mass is 16.2. The van der Waals surface area contributed by atoms with E-state index in [1.165, 1.54) is 0 Å². The Morgan fingerprint density at radius 2 is 1.81 bits per heavy atom. The van der Waals surface area contributed by atoms with Crippen molar-refractivity contribution in [2.75, 3.05) is 23.3 Å². The highest BCUT2D eigenvalue weighted by molar-refractivity contribution is 6.03. The molecule has 4 amide bonds. The van der Waals surface area contributed by atoms with Crippen molar-refractivity contribution in [2.24, 2.45) is 0 Å². The summed E-state index contributed by atoms with van der Waals surface area (Å²) in [6.45, 7) is 8.47. The lowest BCUT2D eigenvalue weighted by atomic mass is 9.95. The van der Waals surface area contributed by atoms with Crippen LogP contribution in [-0.4, -0.2) is 37.0 Å². The molecule has 0 saturated heterocycles. The first-order valence-corrected chi connectivity index (χ1v) is 10.6. The van der Waals surface area contributed by atoms with Crippen molar-refractivity contribution in [3.8, 4) is 0 Å². The Balaban J connectivity index is 1.67. The van der Waals surface area contributed by atoms with Crippen molar-refractivity contribution in [3.63, 3.8) is 0 Å². The maximum atomic E-state index is 12.6. The molecule has 0 saturated carbocycles. The van der Waals surface area contributed by atoms with E-state index in [9.17, 15) is 14.4 Å². The number of urea groups is 1. The van der Waals surface area contributed by atoms with Gasteiger partial charge in [-0.2, -0.15) is 0 Å². The lowest BCUT2D eigenvalue weighted by Gasteiger charge is -2.31. The monoisotopic (exact) mass is 422 g/mol. The number of rotatable bonds is 5. The average Bonchev–Trinajstić information content (AvgIpc) is 2.70. The molecule has 0 aliphatic carbocycles. The molecule has 3 rings (SSSR count). The Morgan fingerprint density at radius 3 is 2.55 bits per heavy atom. The van der Waals surface area contributed by atoms with E-state index in [-0.39, 0.29) is 18.5 Å². The molecule has 7 heteroatoms. The van der Waals surface area contributed by atoms with Gasteiger partial charge in [0.2, 0.25) is 5.91 Å². The Labute approximate surface area is 183 Å². The van der Waals surface area contributed by atoms with E-state index in [1.54, 1.807) is 6.07 Å². The number of carbonyl (C=O) groups is 3. The van der Waals surface area contributed by atoms with Gasteiger partial charge in [-0.05, 0) is 75.4 Å². The molecule has 2 aromatic rings. The first kappa shape index (κ1) is 22.3. The second-order valence-electron chi connectivity index (χ2n) is 8.21. The molecule has 164 valence electrons. The molecule has 2 aromatic carbocycles.